The van der Waals surface area contributed by atoms with Crippen LogP contribution in [-0.4, -0.2) is 71.7 Å². The molecule has 1 aliphatic rings. The van der Waals surface area contributed by atoms with Gasteiger partial charge in [0, 0.05) is 56.5 Å². The van der Waals surface area contributed by atoms with Crippen molar-refractivity contribution in [3.8, 4) is 5.75 Å². The molecule has 33 heavy (non-hydrogen) atoms. The van der Waals surface area contributed by atoms with Crippen molar-refractivity contribution in [2.24, 2.45) is 0 Å². The van der Waals surface area contributed by atoms with E-state index in [0.717, 1.165) is 30.1 Å². The Labute approximate surface area is 195 Å². The Morgan fingerprint density at radius 3 is 2.70 bits per heavy atom. The number of fused-ring (bicyclic) bond motifs is 1. The second-order valence-corrected chi connectivity index (χ2v) is 8.17. The monoisotopic (exact) mass is 476 g/mol. The fourth-order valence-electron chi connectivity index (χ4n) is 4.03. The van der Waals surface area contributed by atoms with E-state index in [9.17, 15) is 10.1 Å². The van der Waals surface area contributed by atoms with Gasteiger partial charge in [-0.05, 0) is 41.0 Å². The number of hydrogen-bond donors (Lipinski definition) is 2. The summed E-state index contributed by atoms with van der Waals surface area (Å²) in [5.74, 6) is 0.797. The smallest absolute Gasteiger partial charge is 0.323 e. The maximum absolute atomic E-state index is 11.7. The number of nitrogens with zero attached hydrogens (tertiary/aromatic N) is 5. The predicted molar refractivity (Wildman–Crippen MR) is 124 cm³/mol. The van der Waals surface area contributed by atoms with Crippen LogP contribution in [0.4, 0.5) is 17.1 Å². The van der Waals surface area contributed by atoms with Gasteiger partial charge in [0.25, 0.3) is 0 Å². The maximum atomic E-state index is 11.7. The molecule has 0 bridgehead atoms. The maximum Gasteiger partial charge on any atom is 0.323 e. The Morgan fingerprint density at radius 2 is 2.00 bits per heavy atom. The molecule has 0 unspecified atom stereocenters. The Morgan fingerprint density at radius 1 is 1.24 bits per heavy atom. The summed E-state index contributed by atoms with van der Waals surface area (Å²) in [7, 11) is 1.64. The van der Waals surface area contributed by atoms with Crippen molar-refractivity contribution in [1.82, 2.24) is 15.2 Å². The molecule has 0 aliphatic carbocycles. The molecule has 0 atom stereocenters. The van der Waals surface area contributed by atoms with Crippen LogP contribution in [0.5, 0.6) is 5.75 Å². The Bertz CT molecular complexity index is 1130. The molecule has 2 aromatic carbocycles. The third-order valence-electron chi connectivity index (χ3n) is 5.67. The van der Waals surface area contributed by atoms with Gasteiger partial charge in [0.15, 0.2) is 5.52 Å². The third kappa shape index (κ3) is 4.95. The molecule has 1 fully saturated rings. The Hall–Kier alpha value is -3.15. The van der Waals surface area contributed by atoms with Crippen molar-refractivity contribution in [3.05, 3.63) is 45.0 Å². The van der Waals surface area contributed by atoms with Crippen LogP contribution in [-0.2, 0) is 6.54 Å². The Kier molecular flexibility index (Phi) is 7.11. The first-order valence-corrected chi connectivity index (χ1v) is 11.0. The molecule has 1 aliphatic heterocycles. The Balaban J connectivity index is 1.54. The third-order valence-corrected chi connectivity index (χ3v) is 5.91. The summed E-state index contributed by atoms with van der Waals surface area (Å²) in [6.07, 6.45) is 0.466. The number of methoxy groups -OCH3 is 1. The zero-order valence-corrected chi connectivity index (χ0v) is 18.9. The van der Waals surface area contributed by atoms with E-state index in [1.54, 1.807) is 19.2 Å². The molecule has 3 aromatic rings. The van der Waals surface area contributed by atoms with Gasteiger partial charge in [-0.1, -0.05) is 11.6 Å². The first-order valence-electron chi connectivity index (χ1n) is 10.6. The summed E-state index contributed by atoms with van der Waals surface area (Å²) in [5, 5.41) is 32.2. The van der Waals surface area contributed by atoms with Crippen LogP contribution in [0, 0.1) is 10.1 Å². The second kappa shape index (κ2) is 10.2. The zero-order chi connectivity index (χ0) is 23.4. The van der Waals surface area contributed by atoms with E-state index < -0.39 is 4.92 Å². The van der Waals surface area contributed by atoms with E-state index in [1.807, 2.05) is 12.1 Å². The first kappa shape index (κ1) is 23.0. The zero-order valence-electron chi connectivity index (χ0n) is 18.2. The highest BCUT2D eigenvalue weighted by Gasteiger charge is 2.29. The molecule has 0 spiro atoms. The lowest BCUT2D eigenvalue weighted by Crippen LogP contribution is -2.46. The van der Waals surface area contributed by atoms with E-state index in [1.165, 1.54) is 0 Å². The molecule has 11 nitrogen and oxygen atoms in total. The fourth-order valence-corrected chi connectivity index (χ4v) is 4.23. The van der Waals surface area contributed by atoms with Crippen molar-refractivity contribution in [2.75, 3.05) is 56.7 Å². The summed E-state index contributed by atoms with van der Waals surface area (Å²) in [4.78, 5) is 15.6. The standard InChI is InChI=1S/C21H25ClN6O5/c1-32-18-4-3-15(22)11-14(18)13-26-6-8-27(9-7-26)17-12-16(23-5-2-10-29)21(28(30)31)20-19(17)24-33-25-20/h3-4,11-12,23,29H,2,5-10,13H2,1H3. The van der Waals surface area contributed by atoms with Gasteiger partial charge in [-0.25, -0.2) is 4.63 Å². The number of anilines is 2. The number of nitro benzene ring substituents is 1. The van der Waals surface area contributed by atoms with Gasteiger partial charge in [0.05, 0.1) is 17.7 Å². The highest BCUT2D eigenvalue weighted by molar-refractivity contribution is 6.30. The molecule has 0 amide bonds. The topological polar surface area (TPSA) is 130 Å². The lowest BCUT2D eigenvalue weighted by atomic mass is 10.1. The molecular formula is C21H25ClN6O5. The number of nitro groups is 1. The number of piperazine rings is 1. The highest BCUT2D eigenvalue weighted by atomic mass is 35.5. The molecule has 2 N–H and O–H groups in total. The van der Waals surface area contributed by atoms with Crippen LogP contribution in [0.2, 0.25) is 5.02 Å². The number of ether oxygens (including phenoxy) is 1. The van der Waals surface area contributed by atoms with E-state index in [2.05, 4.69) is 25.4 Å². The van der Waals surface area contributed by atoms with Gasteiger partial charge >= 0.3 is 5.69 Å². The quantitative estimate of drug-likeness (QED) is 0.270. The lowest BCUT2D eigenvalue weighted by Gasteiger charge is -2.36. The molecule has 2 heterocycles. The van der Waals surface area contributed by atoms with Crippen LogP contribution >= 0.6 is 11.6 Å². The van der Waals surface area contributed by atoms with Crippen molar-refractivity contribution >= 4 is 39.7 Å². The number of hydrogen-bond acceptors (Lipinski definition) is 10. The number of aliphatic hydroxyl groups is 1. The largest absolute Gasteiger partial charge is 0.496 e. The molecule has 4 rings (SSSR count). The molecule has 12 heteroatoms. The SMILES string of the molecule is COc1ccc(Cl)cc1CN1CCN(c2cc(NCCCO)c([N+](=O)[O-])c3nonc23)CC1. The number of rotatable bonds is 9. The molecule has 176 valence electrons. The highest BCUT2D eigenvalue weighted by Crippen LogP contribution is 2.38. The van der Waals surface area contributed by atoms with E-state index in [0.29, 0.717) is 48.8 Å². The van der Waals surface area contributed by atoms with Gasteiger partial charge in [-0.15, -0.1) is 0 Å². The summed E-state index contributed by atoms with van der Waals surface area (Å²) >= 11 is 6.16. The van der Waals surface area contributed by atoms with E-state index >= 15 is 0 Å². The van der Waals surface area contributed by atoms with E-state index in [-0.39, 0.29) is 17.8 Å². The minimum absolute atomic E-state index is 0.0131. The molecule has 0 saturated carbocycles. The average molecular weight is 477 g/mol. The van der Waals surface area contributed by atoms with Gasteiger partial charge < -0.3 is 20.1 Å². The molecular weight excluding hydrogens is 452 g/mol. The van der Waals surface area contributed by atoms with E-state index in [4.69, 9.17) is 26.1 Å². The molecule has 1 saturated heterocycles. The number of nitrogens with one attached hydrogen (secondary N) is 1. The second-order valence-electron chi connectivity index (χ2n) is 7.73. The van der Waals surface area contributed by atoms with Crippen molar-refractivity contribution in [2.45, 2.75) is 13.0 Å². The minimum Gasteiger partial charge on any atom is -0.496 e. The van der Waals surface area contributed by atoms with Crippen LogP contribution in [0.1, 0.15) is 12.0 Å². The lowest BCUT2D eigenvalue weighted by molar-refractivity contribution is -0.382. The van der Waals surface area contributed by atoms with Crippen LogP contribution in [0.25, 0.3) is 11.0 Å². The average Bonchev–Trinajstić information content (AvgIpc) is 3.29. The van der Waals surface area contributed by atoms with Crippen molar-refractivity contribution in [3.63, 3.8) is 0 Å². The van der Waals surface area contributed by atoms with Crippen LogP contribution < -0.4 is 15.0 Å². The van der Waals surface area contributed by atoms with Gasteiger partial charge in [0.2, 0.25) is 5.52 Å². The fraction of sp³-hybridized carbons (Fsp3) is 0.429. The summed E-state index contributed by atoms with van der Waals surface area (Å²) in [6.45, 7) is 4.01. The predicted octanol–water partition coefficient (Wildman–Crippen LogP) is 2.91. The number of aliphatic hydroxyl groups excluding tert-OH is 1. The molecule has 0 radical (unpaired) electrons. The van der Waals surface area contributed by atoms with Crippen molar-refractivity contribution < 1.29 is 19.4 Å². The minimum atomic E-state index is -0.492. The summed E-state index contributed by atoms with van der Waals surface area (Å²) in [6, 6.07) is 7.31. The number of aromatic nitrogens is 2. The van der Waals surface area contributed by atoms with Gasteiger partial charge in [-0.3, -0.25) is 15.0 Å². The van der Waals surface area contributed by atoms with Crippen LogP contribution in [0.3, 0.4) is 0 Å². The number of benzene rings is 2. The first-order chi connectivity index (χ1) is 16.0. The van der Waals surface area contributed by atoms with Gasteiger partial charge in [0.1, 0.15) is 11.4 Å². The number of halogens is 1. The normalized spacial score (nSPS) is 14.6. The molecule has 1 aromatic heterocycles. The summed E-state index contributed by atoms with van der Waals surface area (Å²) in [5.41, 5.74) is 2.36. The summed E-state index contributed by atoms with van der Waals surface area (Å²) < 4.78 is 10.3. The van der Waals surface area contributed by atoms with Gasteiger partial charge in [-0.2, -0.15) is 0 Å². The van der Waals surface area contributed by atoms with Crippen molar-refractivity contribution in [1.29, 1.82) is 0 Å². The van der Waals surface area contributed by atoms with Crippen LogP contribution in [0.15, 0.2) is 28.9 Å².